The molecule has 0 saturated carbocycles. The minimum Gasteiger partial charge on any atom is -0.344 e. The first-order valence-corrected chi connectivity index (χ1v) is 6.84. The molecule has 0 heterocycles. The lowest BCUT2D eigenvalue weighted by atomic mass is 9.99. The summed E-state index contributed by atoms with van der Waals surface area (Å²) in [5.74, 6) is 2.37. The molecule has 0 aliphatic carbocycles. The van der Waals surface area contributed by atoms with E-state index in [2.05, 4.69) is 16.6 Å². The van der Waals surface area contributed by atoms with E-state index < -0.39 is 0 Å². The van der Waals surface area contributed by atoms with Crippen molar-refractivity contribution in [2.45, 2.75) is 6.04 Å². The first-order chi connectivity index (χ1) is 10.3. The van der Waals surface area contributed by atoms with Gasteiger partial charge in [0.25, 0.3) is 0 Å². The molecule has 2 aromatic rings. The molecule has 0 fully saturated rings. The van der Waals surface area contributed by atoms with Crippen LogP contribution in [-0.4, -0.2) is 19.0 Å². The van der Waals surface area contributed by atoms with E-state index in [-0.39, 0.29) is 18.5 Å². The molecule has 2 aromatic carbocycles. The molecule has 0 bridgehead atoms. The van der Waals surface area contributed by atoms with Gasteiger partial charge in [-0.15, -0.1) is 6.42 Å². The topological polar surface area (TPSA) is 41.1 Å². The van der Waals surface area contributed by atoms with Gasteiger partial charge in [0, 0.05) is 0 Å². The predicted molar refractivity (Wildman–Crippen MR) is 84.6 cm³/mol. The van der Waals surface area contributed by atoms with Crippen LogP contribution in [0.3, 0.4) is 0 Å². The van der Waals surface area contributed by atoms with E-state index in [4.69, 9.17) is 6.42 Å². The van der Waals surface area contributed by atoms with Gasteiger partial charge in [-0.2, -0.15) is 0 Å². The van der Waals surface area contributed by atoms with E-state index in [1.165, 1.54) is 0 Å². The summed E-state index contributed by atoms with van der Waals surface area (Å²) in [7, 11) is 0. The lowest BCUT2D eigenvalue weighted by Gasteiger charge is -2.20. The van der Waals surface area contributed by atoms with Crippen molar-refractivity contribution in [3.05, 3.63) is 71.8 Å². The Hall–Kier alpha value is -2.57. The normalized spacial score (nSPS) is 10.1. The van der Waals surface area contributed by atoms with Crippen molar-refractivity contribution in [1.29, 1.82) is 0 Å². The number of carbonyl (C=O) groups is 1. The van der Waals surface area contributed by atoms with Gasteiger partial charge >= 0.3 is 0 Å². The molecular formula is C18H18N2O. The summed E-state index contributed by atoms with van der Waals surface area (Å²) in [6, 6.07) is 19.7. The van der Waals surface area contributed by atoms with Crippen LogP contribution in [0.25, 0.3) is 0 Å². The molecular weight excluding hydrogens is 260 g/mol. The van der Waals surface area contributed by atoms with Crippen molar-refractivity contribution < 1.29 is 4.79 Å². The fraction of sp³-hybridized carbons (Fsp3) is 0.167. The van der Waals surface area contributed by atoms with Crippen LogP contribution < -0.4 is 10.6 Å². The Morgan fingerprint density at radius 3 is 2.00 bits per heavy atom. The molecule has 1 amide bonds. The Balaban J connectivity index is 2.14. The Labute approximate surface area is 125 Å². The summed E-state index contributed by atoms with van der Waals surface area (Å²) in [5.41, 5.74) is 2.10. The van der Waals surface area contributed by atoms with Gasteiger partial charge < -0.3 is 5.32 Å². The average molecular weight is 278 g/mol. The fourth-order valence-electron chi connectivity index (χ4n) is 2.11. The lowest BCUT2D eigenvalue weighted by Crippen LogP contribution is -2.36. The quantitative estimate of drug-likeness (QED) is 0.628. The third-order valence-electron chi connectivity index (χ3n) is 3.08. The summed E-state index contributed by atoms with van der Waals surface area (Å²) in [5, 5.41) is 5.93. The molecule has 106 valence electrons. The summed E-state index contributed by atoms with van der Waals surface area (Å²) >= 11 is 0. The lowest BCUT2D eigenvalue weighted by molar-refractivity contribution is -0.120. The second-order valence-corrected chi connectivity index (χ2v) is 4.63. The van der Waals surface area contributed by atoms with Crippen molar-refractivity contribution >= 4 is 5.91 Å². The van der Waals surface area contributed by atoms with Crippen LogP contribution in [0, 0.1) is 12.3 Å². The van der Waals surface area contributed by atoms with Gasteiger partial charge in [-0.05, 0) is 11.1 Å². The summed E-state index contributed by atoms with van der Waals surface area (Å²) in [6.45, 7) is 0.592. The molecule has 2 N–H and O–H groups in total. The molecule has 0 aliphatic rings. The maximum atomic E-state index is 12.0. The molecule has 0 unspecified atom stereocenters. The molecule has 0 radical (unpaired) electrons. The van der Waals surface area contributed by atoms with Crippen molar-refractivity contribution in [3.8, 4) is 12.3 Å². The number of amides is 1. The first kappa shape index (κ1) is 14.8. The van der Waals surface area contributed by atoms with Crippen molar-refractivity contribution in [2.75, 3.05) is 13.1 Å². The highest BCUT2D eigenvalue weighted by molar-refractivity contribution is 5.79. The molecule has 3 heteroatoms. The van der Waals surface area contributed by atoms with E-state index in [0.29, 0.717) is 6.54 Å². The third-order valence-corrected chi connectivity index (χ3v) is 3.08. The highest BCUT2D eigenvalue weighted by atomic mass is 16.1. The standard InChI is InChI=1S/C18H18N2O/c1-2-13-19-14-17(21)20-18(15-9-5-3-6-10-15)16-11-7-4-8-12-16/h1,3-12,18-19H,13-14H2,(H,20,21). The van der Waals surface area contributed by atoms with Crippen LogP contribution in [0.15, 0.2) is 60.7 Å². The molecule has 0 aromatic heterocycles. The van der Waals surface area contributed by atoms with E-state index in [1.54, 1.807) is 0 Å². The van der Waals surface area contributed by atoms with E-state index in [9.17, 15) is 4.79 Å². The maximum absolute atomic E-state index is 12.0. The number of hydrogen-bond donors (Lipinski definition) is 2. The summed E-state index contributed by atoms with van der Waals surface area (Å²) in [4.78, 5) is 12.0. The average Bonchev–Trinajstić information content (AvgIpc) is 2.54. The van der Waals surface area contributed by atoms with E-state index >= 15 is 0 Å². The molecule has 0 aliphatic heterocycles. The second-order valence-electron chi connectivity index (χ2n) is 4.63. The smallest absolute Gasteiger partial charge is 0.234 e. The highest BCUT2D eigenvalue weighted by Gasteiger charge is 2.15. The van der Waals surface area contributed by atoms with E-state index in [1.807, 2.05) is 60.7 Å². The number of benzene rings is 2. The number of rotatable bonds is 6. The second kappa shape index (κ2) is 7.88. The van der Waals surface area contributed by atoms with Crippen molar-refractivity contribution in [1.82, 2.24) is 10.6 Å². The highest BCUT2D eigenvalue weighted by Crippen LogP contribution is 2.21. The molecule has 0 atom stereocenters. The van der Waals surface area contributed by atoms with Crippen LogP contribution in [0.5, 0.6) is 0 Å². The van der Waals surface area contributed by atoms with E-state index in [0.717, 1.165) is 11.1 Å². The molecule has 0 spiro atoms. The van der Waals surface area contributed by atoms with Crippen molar-refractivity contribution in [2.24, 2.45) is 0 Å². The SMILES string of the molecule is C#CCNCC(=O)NC(c1ccccc1)c1ccccc1. The van der Waals surface area contributed by atoms with Crippen LogP contribution >= 0.6 is 0 Å². The van der Waals surface area contributed by atoms with Crippen LogP contribution in [0.4, 0.5) is 0 Å². The summed E-state index contributed by atoms with van der Waals surface area (Å²) < 4.78 is 0. The number of carbonyl (C=O) groups excluding carboxylic acids is 1. The minimum absolute atomic E-state index is 0.0806. The van der Waals surface area contributed by atoms with Gasteiger partial charge in [-0.1, -0.05) is 66.6 Å². The zero-order valence-corrected chi connectivity index (χ0v) is 11.8. The molecule has 21 heavy (non-hydrogen) atoms. The Bertz CT molecular complexity index is 563. The minimum atomic E-state index is -0.160. The largest absolute Gasteiger partial charge is 0.344 e. The van der Waals surface area contributed by atoms with Gasteiger partial charge in [0.05, 0.1) is 19.1 Å². The predicted octanol–water partition coefficient (Wildman–Crippen LogP) is 2.11. The van der Waals surface area contributed by atoms with Gasteiger partial charge in [0.1, 0.15) is 0 Å². The number of nitrogens with one attached hydrogen (secondary N) is 2. The zero-order valence-electron chi connectivity index (χ0n) is 11.8. The Kier molecular flexibility index (Phi) is 5.57. The third kappa shape index (κ3) is 4.48. The van der Waals surface area contributed by atoms with Gasteiger partial charge in [0.15, 0.2) is 0 Å². The first-order valence-electron chi connectivity index (χ1n) is 6.84. The van der Waals surface area contributed by atoms with Crippen LogP contribution in [-0.2, 0) is 4.79 Å². The fourth-order valence-corrected chi connectivity index (χ4v) is 2.11. The molecule has 2 rings (SSSR count). The van der Waals surface area contributed by atoms with Crippen LogP contribution in [0.2, 0.25) is 0 Å². The van der Waals surface area contributed by atoms with Gasteiger partial charge in [0.2, 0.25) is 5.91 Å². The Morgan fingerprint density at radius 1 is 1.00 bits per heavy atom. The number of hydrogen-bond acceptors (Lipinski definition) is 2. The molecule has 3 nitrogen and oxygen atoms in total. The Morgan fingerprint density at radius 2 is 1.52 bits per heavy atom. The number of terminal acetylenes is 1. The van der Waals surface area contributed by atoms with Gasteiger partial charge in [-0.3, -0.25) is 10.1 Å². The maximum Gasteiger partial charge on any atom is 0.234 e. The zero-order chi connectivity index (χ0) is 14.9. The molecule has 0 saturated heterocycles. The monoisotopic (exact) mass is 278 g/mol. The summed E-state index contributed by atoms with van der Waals surface area (Å²) in [6.07, 6.45) is 5.15. The van der Waals surface area contributed by atoms with Gasteiger partial charge in [-0.25, -0.2) is 0 Å². The van der Waals surface area contributed by atoms with Crippen molar-refractivity contribution in [3.63, 3.8) is 0 Å². The van der Waals surface area contributed by atoms with Crippen LogP contribution in [0.1, 0.15) is 17.2 Å².